The fourth-order valence-electron chi connectivity index (χ4n) is 7.47. The van der Waals surface area contributed by atoms with E-state index in [-0.39, 0.29) is 5.41 Å². The van der Waals surface area contributed by atoms with E-state index < -0.39 is 0 Å². The summed E-state index contributed by atoms with van der Waals surface area (Å²) in [4.78, 5) is 18.7. The number of aromatic nitrogens is 2. The molecule has 42 heavy (non-hydrogen) atoms. The van der Waals surface area contributed by atoms with E-state index in [2.05, 4.69) is 76.9 Å². The standard InChI is InChI=1S/C36H45N5O/c1-5-25-19-29(23-40-14-6-7-15-40)39-31-12-13-36(3,4)21-30(31)35(25)41-16-17-42-34-11-9-26(18-28(34)22-41)27-8-10-32-33(20-27)38-24(2)37-32/h8-11,18,20H,5-7,12-17,19,21-23H2,1-4H3,(H,37,38). The van der Waals surface area contributed by atoms with Crippen LogP contribution in [-0.4, -0.2) is 58.3 Å². The SMILES string of the molecule is CCC1=C(N2CCOc3ccc(-c4ccc5nc(C)[nH]c5c4)cc3C2)C2=C(CCC(C)(C)C2)N=C(CN2CCCC2)C1. The largest absolute Gasteiger partial charge is 0.491 e. The Kier molecular flexibility index (Phi) is 7.21. The van der Waals surface area contributed by atoms with Gasteiger partial charge < -0.3 is 14.6 Å². The molecular weight excluding hydrogens is 518 g/mol. The Hall–Kier alpha value is -3.38. The maximum absolute atomic E-state index is 6.39. The van der Waals surface area contributed by atoms with E-state index in [0.717, 1.165) is 67.9 Å². The highest BCUT2D eigenvalue weighted by atomic mass is 16.5. The van der Waals surface area contributed by atoms with Crippen LogP contribution in [-0.2, 0) is 6.54 Å². The normalized spacial score (nSPS) is 21.1. The number of likely N-dealkylation sites (tertiary alicyclic amines) is 1. The van der Waals surface area contributed by atoms with Crippen molar-refractivity contribution in [2.24, 2.45) is 10.4 Å². The predicted octanol–water partition coefficient (Wildman–Crippen LogP) is 7.80. The lowest BCUT2D eigenvalue weighted by atomic mass is 9.74. The van der Waals surface area contributed by atoms with Crippen molar-refractivity contribution in [3.63, 3.8) is 0 Å². The van der Waals surface area contributed by atoms with Gasteiger partial charge in [-0.25, -0.2) is 4.98 Å². The molecule has 1 saturated heterocycles. The van der Waals surface area contributed by atoms with Crippen molar-refractivity contribution in [3.8, 4) is 16.9 Å². The third kappa shape index (κ3) is 5.42. The Morgan fingerprint density at radius 1 is 1.02 bits per heavy atom. The molecule has 220 valence electrons. The molecule has 3 aromatic rings. The first-order valence-electron chi connectivity index (χ1n) is 16.1. The van der Waals surface area contributed by atoms with E-state index in [9.17, 15) is 0 Å². The summed E-state index contributed by atoms with van der Waals surface area (Å²) in [5.74, 6) is 1.96. The van der Waals surface area contributed by atoms with Crippen LogP contribution >= 0.6 is 0 Å². The highest BCUT2D eigenvalue weighted by Gasteiger charge is 2.34. The number of benzene rings is 2. The summed E-state index contributed by atoms with van der Waals surface area (Å²) in [6.45, 7) is 15.1. The highest BCUT2D eigenvalue weighted by Crippen LogP contribution is 2.46. The van der Waals surface area contributed by atoms with E-state index in [1.165, 1.54) is 71.7 Å². The number of nitrogens with one attached hydrogen (secondary N) is 1. The van der Waals surface area contributed by atoms with Gasteiger partial charge in [0.15, 0.2) is 0 Å². The van der Waals surface area contributed by atoms with Gasteiger partial charge in [-0.05, 0) is 110 Å². The van der Waals surface area contributed by atoms with Crippen molar-refractivity contribution in [2.45, 2.75) is 79.2 Å². The summed E-state index contributed by atoms with van der Waals surface area (Å²) >= 11 is 0. The van der Waals surface area contributed by atoms with Crippen LogP contribution in [0.3, 0.4) is 0 Å². The minimum atomic E-state index is 0.287. The summed E-state index contributed by atoms with van der Waals surface area (Å²) in [6, 6.07) is 13.2. The molecule has 4 aliphatic rings. The van der Waals surface area contributed by atoms with Crippen LogP contribution in [0.4, 0.5) is 0 Å². The fourth-order valence-corrected chi connectivity index (χ4v) is 7.47. The van der Waals surface area contributed by atoms with Crippen LogP contribution in [0.1, 0.15) is 77.1 Å². The number of aliphatic imine (C=N–C) groups is 1. The molecule has 0 spiro atoms. The second-order valence-electron chi connectivity index (χ2n) is 13.6. The molecule has 0 saturated carbocycles. The number of rotatable bonds is 5. The molecule has 1 aliphatic carbocycles. The number of H-pyrrole nitrogens is 1. The molecule has 3 aliphatic heterocycles. The molecule has 0 amide bonds. The van der Waals surface area contributed by atoms with Gasteiger partial charge in [-0.1, -0.05) is 32.9 Å². The van der Waals surface area contributed by atoms with Gasteiger partial charge in [-0.2, -0.15) is 0 Å². The molecular formula is C36H45N5O. The Labute approximate surface area is 250 Å². The summed E-state index contributed by atoms with van der Waals surface area (Å²) in [7, 11) is 0. The number of nitrogens with zero attached hydrogens (tertiary/aromatic N) is 4. The van der Waals surface area contributed by atoms with Gasteiger partial charge in [-0.15, -0.1) is 0 Å². The topological polar surface area (TPSA) is 56.8 Å². The molecule has 1 N–H and O–H groups in total. The number of allylic oxidation sites excluding steroid dienone is 3. The Morgan fingerprint density at radius 3 is 2.67 bits per heavy atom. The summed E-state index contributed by atoms with van der Waals surface area (Å²) in [5, 5.41) is 0. The monoisotopic (exact) mass is 563 g/mol. The van der Waals surface area contributed by atoms with E-state index in [1.54, 1.807) is 5.57 Å². The van der Waals surface area contributed by atoms with Gasteiger partial charge in [0.25, 0.3) is 0 Å². The predicted molar refractivity (Wildman–Crippen MR) is 172 cm³/mol. The Bertz CT molecular complexity index is 1600. The fraction of sp³-hybridized carbons (Fsp3) is 0.500. The van der Waals surface area contributed by atoms with Gasteiger partial charge >= 0.3 is 0 Å². The zero-order valence-electron chi connectivity index (χ0n) is 25.9. The van der Waals surface area contributed by atoms with Crippen molar-refractivity contribution < 1.29 is 4.74 Å². The van der Waals surface area contributed by atoms with Gasteiger partial charge in [0.1, 0.15) is 18.2 Å². The van der Waals surface area contributed by atoms with Crippen LogP contribution in [0.2, 0.25) is 0 Å². The first kappa shape index (κ1) is 27.5. The van der Waals surface area contributed by atoms with Crippen molar-refractivity contribution in [3.05, 3.63) is 70.3 Å². The number of aromatic amines is 1. The average molecular weight is 564 g/mol. The van der Waals surface area contributed by atoms with Crippen molar-refractivity contribution >= 4 is 16.7 Å². The average Bonchev–Trinajstić information content (AvgIpc) is 3.52. The van der Waals surface area contributed by atoms with Crippen LogP contribution in [0.5, 0.6) is 5.75 Å². The number of hydrogen-bond donors (Lipinski definition) is 1. The van der Waals surface area contributed by atoms with Crippen LogP contribution in [0.15, 0.2) is 63.9 Å². The quantitative estimate of drug-likeness (QED) is 0.344. The number of ether oxygens (including phenoxy) is 1. The number of hydrogen-bond acceptors (Lipinski definition) is 5. The number of aryl methyl sites for hydroxylation is 1. The Morgan fingerprint density at radius 2 is 1.83 bits per heavy atom. The maximum atomic E-state index is 6.39. The van der Waals surface area contributed by atoms with Crippen LogP contribution in [0.25, 0.3) is 22.2 Å². The van der Waals surface area contributed by atoms with Crippen LogP contribution < -0.4 is 4.74 Å². The first-order chi connectivity index (χ1) is 20.3. The third-order valence-corrected chi connectivity index (χ3v) is 9.70. The van der Waals surface area contributed by atoms with Crippen molar-refractivity contribution in [1.82, 2.24) is 19.8 Å². The molecule has 0 unspecified atom stereocenters. The molecule has 0 bridgehead atoms. The van der Waals surface area contributed by atoms with E-state index >= 15 is 0 Å². The van der Waals surface area contributed by atoms with Gasteiger partial charge in [0, 0.05) is 42.2 Å². The zero-order chi connectivity index (χ0) is 28.8. The highest BCUT2D eigenvalue weighted by molar-refractivity contribution is 5.90. The summed E-state index contributed by atoms with van der Waals surface area (Å²) < 4.78 is 6.39. The van der Waals surface area contributed by atoms with Crippen molar-refractivity contribution in [2.75, 3.05) is 32.8 Å². The summed E-state index contributed by atoms with van der Waals surface area (Å²) in [5.41, 5.74) is 13.3. The van der Waals surface area contributed by atoms with E-state index in [0.29, 0.717) is 6.61 Å². The lowest BCUT2D eigenvalue weighted by molar-refractivity contribution is 0.254. The lowest BCUT2D eigenvalue weighted by Crippen LogP contribution is -2.30. The minimum absolute atomic E-state index is 0.287. The Balaban J connectivity index is 1.25. The molecule has 6 nitrogen and oxygen atoms in total. The summed E-state index contributed by atoms with van der Waals surface area (Å²) in [6.07, 6.45) is 8.06. The second kappa shape index (κ2) is 11.0. The molecule has 7 rings (SSSR count). The van der Waals surface area contributed by atoms with Crippen molar-refractivity contribution in [1.29, 1.82) is 0 Å². The molecule has 0 radical (unpaired) electrons. The smallest absolute Gasteiger partial charge is 0.124 e. The lowest BCUT2D eigenvalue weighted by Gasteiger charge is -2.37. The first-order valence-corrected chi connectivity index (χ1v) is 16.1. The molecule has 1 aromatic heterocycles. The molecule has 4 heterocycles. The molecule has 1 fully saturated rings. The van der Waals surface area contributed by atoms with Gasteiger partial charge in [-0.3, -0.25) is 9.89 Å². The van der Waals surface area contributed by atoms with Crippen LogP contribution in [0, 0.1) is 12.3 Å². The third-order valence-electron chi connectivity index (χ3n) is 9.70. The molecule has 0 atom stereocenters. The second-order valence-corrected chi connectivity index (χ2v) is 13.6. The maximum Gasteiger partial charge on any atom is 0.124 e. The number of imidazole rings is 1. The van der Waals surface area contributed by atoms with E-state index in [4.69, 9.17) is 9.73 Å². The molecule has 6 heteroatoms. The van der Waals surface area contributed by atoms with Gasteiger partial charge in [0.05, 0.1) is 17.6 Å². The molecule has 2 aromatic carbocycles. The van der Waals surface area contributed by atoms with E-state index in [1.807, 2.05) is 6.92 Å². The zero-order valence-corrected chi connectivity index (χ0v) is 25.9. The number of fused-ring (bicyclic) bond motifs is 2. The van der Waals surface area contributed by atoms with Gasteiger partial charge in [0.2, 0.25) is 0 Å². The minimum Gasteiger partial charge on any atom is -0.491 e.